The maximum Gasteiger partial charge on any atom is 0.258 e. The van der Waals surface area contributed by atoms with Crippen molar-refractivity contribution in [2.24, 2.45) is 17.8 Å². The molecule has 6 unspecified atom stereocenters. The molecule has 10 nitrogen and oxygen atoms in total. The Morgan fingerprint density at radius 2 is 1.57 bits per heavy atom. The summed E-state index contributed by atoms with van der Waals surface area (Å²) in [5.74, 6) is -6.53. The highest BCUT2D eigenvalue weighted by Gasteiger charge is 2.77. The molecular weight excluding hydrogens is 724 g/mol. The number of allylic oxidation sites excluding steroid dienone is 2. The molecule has 0 spiro atoms. The first-order chi connectivity index (χ1) is 25.5. The van der Waals surface area contributed by atoms with Gasteiger partial charge in [-0.2, -0.15) is 0 Å². The topological polar surface area (TPSA) is 130 Å². The Balaban J connectivity index is 1.12. The quantitative estimate of drug-likeness (QED) is 0.114. The molecule has 53 heavy (non-hydrogen) atoms. The van der Waals surface area contributed by atoms with Crippen molar-refractivity contribution in [1.29, 1.82) is 0 Å². The number of rotatable bonds is 5. The summed E-state index contributed by atoms with van der Waals surface area (Å²) in [6.07, 6.45) is 1.66. The molecule has 266 valence electrons. The highest BCUT2D eigenvalue weighted by atomic mass is 35.5. The second-order valence-electron chi connectivity index (χ2n) is 13.7. The molecule has 1 saturated carbocycles. The van der Waals surface area contributed by atoms with Crippen molar-refractivity contribution in [2.45, 2.75) is 28.5 Å². The van der Waals surface area contributed by atoms with Gasteiger partial charge in [-0.15, -0.1) is 23.2 Å². The first-order valence-electron chi connectivity index (χ1n) is 16.9. The average Bonchev–Trinajstić information content (AvgIpc) is 3.75. The maximum absolute atomic E-state index is 14.5. The SMILES string of the molecule is COc1ccc(C2C3=CCC4C(=O)N(c5ccc(-c6nc7ccccc7o6)cc5)C(=O)C4C3CC3(Cl)C(=O)N(c4ccc(F)cc4)C(=O)C23Cl)c(O)c1. The van der Waals surface area contributed by atoms with Crippen molar-refractivity contribution >= 4 is 69.3 Å². The number of ether oxygens (including phenoxy) is 1. The van der Waals surface area contributed by atoms with E-state index in [1.807, 2.05) is 24.3 Å². The van der Waals surface area contributed by atoms with E-state index in [9.17, 15) is 28.7 Å². The van der Waals surface area contributed by atoms with Crippen LogP contribution in [0.4, 0.5) is 15.8 Å². The molecule has 4 aromatic carbocycles. The third-order valence-electron chi connectivity index (χ3n) is 11.1. The summed E-state index contributed by atoms with van der Waals surface area (Å²) in [5.41, 5.74) is 3.07. The number of oxazole rings is 1. The molecule has 4 aliphatic rings. The molecule has 3 fully saturated rings. The van der Waals surface area contributed by atoms with E-state index in [2.05, 4.69) is 4.98 Å². The predicted octanol–water partition coefficient (Wildman–Crippen LogP) is 7.12. The number of halogens is 3. The fourth-order valence-corrected chi connectivity index (χ4v) is 9.57. The summed E-state index contributed by atoms with van der Waals surface area (Å²) in [4.78, 5) is 59.8. The number of hydrogen-bond donors (Lipinski definition) is 1. The van der Waals surface area contributed by atoms with Gasteiger partial charge in [-0.05, 0) is 85.5 Å². The summed E-state index contributed by atoms with van der Waals surface area (Å²) in [6.45, 7) is 0. The second kappa shape index (κ2) is 11.7. The average molecular weight is 753 g/mol. The molecule has 6 atom stereocenters. The number of para-hydroxylation sites is 2. The van der Waals surface area contributed by atoms with Crippen molar-refractivity contribution < 1.29 is 37.8 Å². The lowest BCUT2D eigenvalue weighted by atomic mass is 9.56. The van der Waals surface area contributed by atoms with Gasteiger partial charge >= 0.3 is 0 Å². The highest BCUT2D eigenvalue weighted by molar-refractivity contribution is 6.58. The number of carbonyl (C=O) groups is 4. The number of imide groups is 2. The Morgan fingerprint density at radius 1 is 0.868 bits per heavy atom. The van der Waals surface area contributed by atoms with Gasteiger partial charge < -0.3 is 14.3 Å². The van der Waals surface area contributed by atoms with Crippen LogP contribution >= 0.6 is 23.2 Å². The number of anilines is 2. The van der Waals surface area contributed by atoms with Crippen LogP contribution in [0.3, 0.4) is 0 Å². The van der Waals surface area contributed by atoms with Gasteiger partial charge in [0.2, 0.25) is 17.7 Å². The minimum absolute atomic E-state index is 0.0583. The number of benzene rings is 4. The van der Waals surface area contributed by atoms with Gasteiger partial charge in [0, 0.05) is 23.1 Å². The second-order valence-corrected chi connectivity index (χ2v) is 15.0. The Morgan fingerprint density at radius 3 is 2.26 bits per heavy atom. The first kappa shape index (κ1) is 33.3. The van der Waals surface area contributed by atoms with Crippen LogP contribution in [0.2, 0.25) is 0 Å². The highest BCUT2D eigenvalue weighted by Crippen LogP contribution is 2.66. The summed E-state index contributed by atoms with van der Waals surface area (Å²) in [6, 6.07) is 23.3. The molecule has 13 heteroatoms. The first-order valence-corrected chi connectivity index (χ1v) is 17.6. The van der Waals surface area contributed by atoms with Gasteiger partial charge in [0.15, 0.2) is 15.3 Å². The number of amides is 4. The molecule has 5 aromatic rings. The van der Waals surface area contributed by atoms with E-state index < -0.39 is 62.9 Å². The summed E-state index contributed by atoms with van der Waals surface area (Å²) in [5, 5.41) is 11.4. The molecule has 1 N–H and O–H groups in total. The lowest BCUT2D eigenvalue weighted by Gasteiger charge is -2.50. The third-order valence-corrected chi connectivity index (χ3v) is 12.5. The van der Waals surface area contributed by atoms with E-state index >= 15 is 0 Å². The number of aromatic nitrogens is 1. The monoisotopic (exact) mass is 751 g/mol. The van der Waals surface area contributed by atoms with Crippen LogP contribution in [0.5, 0.6) is 11.5 Å². The number of phenols is 1. The third kappa shape index (κ3) is 4.59. The largest absolute Gasteiger partial charge is 0.508 e. The van der Waals surface area contributed by atoms with E-state index in [0.717, 1.165) is 21.9 Å². The molecule has 0 radical (unpaired) electrons. The smallest absolute Gasteiger partial charge is 0.258 e. The van der Waals surface area contributed by atoms with Crippen molar-refractivity contribution in [3.8, 4) is 23.0 Å². The normalized spacial score (nSPS) is 27.9. The van der Waals surface area contributed by atoms with Crippen LogP contribution < -0.4 is 14.5 Å². The summed E-state index contributed by atoms with van der Waals surface area (Å²) in [7, 11) is 1.43. The molecular formula is C40H28Cl2FN3O7. The van der Waals surface area contributed by atoms with Crippen molar-refractivity contribution in [3.05, 3.63) is 114 Å². The predicted molar refractivity (Wildman–Crippen MR) is 193 cm³/mol. The van der Waals surface area contributed by atoms with E-state index in [1.54, 1.807) is 42.5 Å². The van der Waals surface area contributed by atoms with E-state index in [-0.39, 0.29) is 29.8 Å². The number of hydrogen-bond acceptors (Lipinski definition) is 8. The fraction of sp³-hybridized carbons (Fsp3) is 0.225. The van der Waals surface area contributed by atoms with E-state index in [1.165, 1.54) is 25.3 Å². The number of aromatic hydroxyl groups is 1. The lowest BCUT2D eigenvalue weighted by Crippen LogP contribution is -2.60. The lowest BCUT2D eigenvalue weighted by molar-refractivity contribution is -0.125. The Bertz CT molecular complexity index is 2400. The van der Waals surface area contributed by atoms with E-state index in [4.69, 9.17) is 32.4 Å². The van der Waals surface area contributed by atoms with Crippen LogP contribution in [0.25, 0.3) is 22.6 Å². The Labute approximate surface area is 311 Å². The standard InChI is InChI=1S/C40H28Cl2FN3O7/c1-52-24-14-15-26(30(47)18-24)33-25-16-17-27-32(28(25)19-39(41)37(50)46(38(51)40(33,39)42)23-12-8-21(43)9-13-23)36(49)45(35(27)48)22-10-6-20(7-11-22)34-44-29-4-2-3-5-31(29)53-34/h2-16,18,27-28,32-33,47H,17,19H2,1H3. The summed E-state index contributed by atoms with van der Waals surface area (Å²) >= 11 is 14.8. The molecule has 3 heterocycles. The number of alkyl halides is 2. The molecule has 1 aromatic heterocycles. The molecule has 0 bridgehead atoms. The van der Waals surface area contributed by atoms with Crippen molar-refractivity contribution in [2.75, 3.05) is 16.9 Å². The fourth-order valence-electron chi connectivity index (χ4n) is 8.64. The zero-order valence-corrected chi connectivity index (χ0v) is 29.3. The Hall–Kier alpha value is -5.52. The molecule has 4 amide bonds. The van der Waals surface area contributed by atoms with Crippen LogP contribution in [0.15, 0.2) is 107 Å². The van der Waals surface area contributed by atoms with Gasteiger partial charge in [0.1, 0.15) is 22.8 Å². The number of fused-ring (bicyclic) bond motifs is 5. The molecule has 2 aliphatic carbocycles. The van der Waals surface area contributed by atoms with Gasteiger partial charge in [-0.1, -0.05) is 29.8 Å². The van der Waals surface area contributed by atoms with Crippen molar-refractivity contribution in [3.63, 3.8) is 0 Å². The van der Waals surface area contributed by atoms with Gasteiger partial charge in [-0.25, -0.2) is 14.3 Å². The minimum atomic E-state index is -2.19. The zero-order valence-electron chi connectivity index (χ0n) is 27.8. The Kier molecular flexibility index (Phi) is 7.38. The van der Waals surface area contributed by atoms with Gasteiger partial charge in [-0.3, -0.25) is 24.1 Å². The van der Waals surface area contributed by atoms with Crippen LogP contribution in [-0.2, 0) is 19.2 Å². The van der Waals surface area contributed by atoms with E-state index in [0.29, 0.717) is 39.6 Å². The van der Waals surface area contributed by atoms with Gasteiger partial charge in [0.25, 0.3) is 11.8 Å². The maximum atomic E-state index is 14.5. The van der Waals surface area contributed by atoms with Crippen molar-refractivity contribution in [1.82, 2.24) is 4.98 Å². The van der Waals surface area contributed by atoms with Crippen LogP contribution in [-0.4, -0.2) is 50.6 Å². The number of carbonyl (C=O) groups excluding carboxylic acids is 4. The number of nitrogens with zero attached hydrogens (tertiary/aromatic N) is 3. The summed E-state index contributed by atoms with van der Waals surface area (Å²) < 4.78 is 25.1. The zero-order chi connectivity index (χ0) is 37.0. The molecule has 9 rings (SSSR count). The minimum Gasteiger partial charge on any atom is -0.508 e. The van der Waals surface area contributed by atoms with Crippen LogP contribution in [0.1, 0.15) is 24.3 Å². The van der Waals surface area contributed by atoms with Gasteiger partial charge in [0.05, 0.1) is 30.3 Å². The number of phenolic OH excluding ortho intramolecular Hbond substituents is 1. The molecule has 2 aliphatic heterocycles. The number of methoxy groups -OCH3 is 1. The van der Waals surface area contributed by atoms with Crippen LogP contribution in [0, 0.1) is 23.6 Å². The molecule has 2 saturated heterocycles.